The first-order valence-electron chi connectivity index (χ1n) is 11.5. The number of aromatic nitrogens is 7. The van der Waals surface area contributed by atoms with Crippen LogP contribution in [0.5, 0.6) is 0 Å². The molecule has 178 valence electrons. The number of hydrogen-bond acceptors (Lipinski definition) is 7. The number of carbonyl (C=O) groups is 1. The summed E-state index contributed by atoms with van der Waals surface area (Å²) in [5.41, 5.74) is 9.36. The highest BCUT2D eigenvalue weighted by Gasteiger charge is 2.22. The van der Waals surface area contributed by atoms with Crippen LogP contribution in [0.4, 0.5) is 0 Å². The molecular weight excluding hydrogens is 434 g/mol. The minimum atomic E-state index is -0.502. The van der Waals surface area contributed by atoms with Crippen LogP contribution in [-0.2, 0) is 17.8 Å². The molecule has 34 heavy (non-hydrogen) atoms. The Morgan fingerprint density at radius 2 is 2.12 bits per heavy atom. The number of nitrogens with two attached hydrogens (primary N) is 1. The predicted octanol–water partition coefficient (Wildman–Crippen LogP) is 1.83. The summed E-state index contributed by atoms with van der Waals surface area (Å²) >= 11 is 0. The lowest BCUT2D eigenvalue weighted by molar-refractivity contribution is 0.1000. The zero-order valence-corrected chi connectivity index (χ0v) is 19.7. The number of nitrogens with one attached hydrogen (secondary N) is 1. The van der Waals surface area contributed by atoms with Gasteiger partial charge in [0.15, 0.2) is 11.6 Å². The first-order valence-corrected chi connectivity index (χ1v) is 11.5. The molecule has 1 atom stereocenters. The normalized spacial score (nSPS) is 16.6. The molecule has 4 aromatic rings. The predicted molar refractivity (Wildman–Crippen MR) is 127 cm³/mol. The van der Waals surface area contributed by atoms with Crippen molar-refractivity contribution in [3.05, 3.63) is 35.7 Å². The highest BCUT2D eigenvalue weighted by Crippen LogP contribution is 2.30. The van der Waals surface area contributed by atoms with E-state index in [2.05, 4.69) is 25.3 Å². The largest absolute Gasteiger partial charge is 0.380 e. The minimum Gasteiger partial charge on any atom is -0.380 e. The average Bonchev–Trinajstić information content (AvgIpc) is 3.62. The van der Waals surface area contributed by atoms with Gasteiger partial charge in [-0.25, -0.2) is 4.98 Å². The third-order valence-electron chi connectivity index (χ3n) is 6.41. The molecule has 1 aliphatic rings. The van der Waals surface area contributed by atoms with Gasteiger partial charge in [-0.2, -0.15) is 15.3 Å². The van der Waals surface area contributed by atoms with Crippen molar-refractivity contribution in [1.82, 2.24) is 39.6 Å². The summed E-state index contributed by atoms with van der Waals surface area (Å²) < 4.78 is 9.25. The molecule has 0 unspecified atom stereocenters. The van der Waals surface area contributed by atoms with Gasteiger partial charge < -0.3 is 10.5 Å². The molecule has 1 fully saturated rings. The molecular formula is C23H29N9O2. The van der Waals surface area contributed by atoms with Gasteiger partial charge in [-0.05, 0) is 38.5 Å². The number of primary amides is 1. The number of H-pyrrole nitrogens is 1. The topological polar surface area (TPSA) is 133 Å². The second kappa shape index (κ2) is 8.99. The van der Waals surface area contributed by atoms with Gasteiger partial charge in [0.25, 0.3) is 0 Å². The summed E-state index contributed by atoms with van der Waals surface area (Å²) in [6.07, 6.45) is 3.13. The summed E-state index contributed by atoms with van der Waals surface area (Å²) in [5, 5.41) is 17.4. The summed E-state index contributed by atoms with van der Waals surface area (Å²) in [5.74, 6) is 0.591. The number of fused-ring (bicyclic) bond motifs is 1. The molecule has 1 saturated heterocycles. The highest BCUT2D eigenvalue weighted by atomic mass is 16.5. The Hall–Kier alpha value is -3.57. The molecule has 3 N–H and O–H groups in total. The first-order chi connectivity index (χ1) is 16.5. The lowest BCUT2D eigenvalue weighted by atomic mass is 10.0. The van der Waals surface area contributed by atoms with Gasteiger partial charge in [-0.3, -0.25) is 24.2 Å². The van der Waals surface area contributed by atoms with Gasteiger partial charge in [-0.1, -0.05) is 0 Å². The van der Waals surface area contributed by atoms with Crippen molar-refractivity contribution in [2.24, 2.45) is 5.73 Å². The van der Waals surface area contributed by atoms with Gasteiger partial charge >= 0.3 is 0 Å². The zero-order chi connectivity index (χ0) is 23.8. The first kappa shape index (κ1) is 22.2. The van der Waals surface area contributed by atoms with Crippen LogP contribution < -0.4 is 5.73 Å². The second-order valence-corrected chi connectivity index (χ2v) is 8.63. The maximum Gasteiger partial charge on any atom is 0.248 e. The fourth-order valence-electron chi connectivity index (χ4n) is 4.59. The molecule has 1 aliphatic heterocycles. The average molecular weight is 464 g/mol. The number of amides is 1. The number of hydrogen-bond donors (Lipinski definition) is 2. The van der Waals surface area contributed by atoms with Crippen LogP contribution in [0.2, 0.25) is 0 Å². The van der Waals surface area contributed by atoms with Gasteiger partial charge in [0, 0.05) is 49.8 Å². The van der Waals surface area contributed by atoms with Gasteiger partial charge in [-0.15, -0.1) is 0 Å². The van der Waals surface area contributed by atoms with Crippen LogP contribution in [0.25, 0.3) is 33.8 Å². The van der Waals surface area contributed by atoms with E-state index in [9.17, 15) is 4.79 Å². The van der Waals surface area contributed by atoms with E-state index in [0.29, 0.717) is 30.3 Å². The molecule has 0 aliphatic carbocycles. The van der Waals surface area contributed by atoms with Crippen molar-refractivity contribution >= 4 is 16.8 Å². The second-order valence-electron chi connectivity index (χ2n) is 8.63. The van der Waals surface area contributed by atoms with E-state index in [4.69, 9.17) is 15.5 Å². The number of likely N-dealkylation sites (tertiary alicyclic amines) is 1. The number of ether oxygens (including phenoxy) is 1. The minimum absolute atomic E-state index is 0.288. The van der Waals surface area contributed by atoms with E-state index in [0.717, 1.165) is 53.9 Å². The quantitative estimate of drug-likeness (QED) is 0.407. The monoisotopic (exact) mass is 463 g/mol. The van der Waals surface area contributed by atoms with Crippen molar-refractivity contribution < 1.29 is 9.53 Å². The van der Waals surface area contributed by atoms with Crippen molar-refractivity contribution in [2.75, 3.05) is 26.7 Å². The van der Waals surface area contributed by atoms with Crippen molar-refractivity contribution in [2.45, 2.75) is 39.5 Å². The van der Waals surface area contributed by atoms with Crippen LogP contribution in [0.15, 0.2) is 24.4 Å². The Labute approximate surface area is 196 Å². The van der Waals surface area contributed by atoms with Crippen molar-refractivity contribution in [1.29, 1.82) is 0 Å². The molecule has 0 saturated carbocycles. The number of carbonyl (C=O) groups excluding carboxylic acids is 1. The summed E-state index contributed by atoms with van der Waals surface area (Å²) in [6, 6.07) is 5.49. The summed E-state index contributed by atoms with van der Waals surface area (Å²) in [6.45, 7) is 8.14. The molecule has 0 spiro atoms. The van der Waals surface area contributed by atoms with Crippen LogP contribution >= 0.6 is 0 Å². The van der Waals surface area contributed by atoms with E-state index in [1.807, 2.05) is 29.3 Å². The van der Waals surface area contributed by atoms with E-state index >= 15 is 0 Å². The fourth-order valence-corrected chi connectivity index (χ4v) is 4.59. The third-order valence-corrected chi connectivity index (χ3v) is 6.41. The lowest BCUT2D eigenvalue weighted by Gasteiger charge is -2.16. The van der Waals surface area contributed by atoms with Crippen LogP contribution in [-0.4, -0.2) is 78.4 Å². The van der Waals surface area contributed by atoms with E-state index < -0.39 is 5.91 Å². The number of nitrogens with zero attached hydrogens (tertiary/aromatic N) is 7. The summed E-state index contributed by atoms with van der Waals surface area (Å²) in [4.78, 5) is 19.2. The molecule has 3 aromatic heterocycles. The molecule has 11 nitrogen and oxygen atoms in total. The van der Waals surface area contributed by atoms with Gasteiger partial charge in [0.1, 0.15) is 5.69 Å². The Bertz CT molecular complexity index is 1340. The molecule has 5 rings (SSSR count). The highest BCUT2D eigenvalue weighted by molar-refractivity contribution is 6.02. The number of rotatable bonds is 8. The van der Waals surface area contributed by atoms with Gasteiger partial charge in [0.05, 0.1) is 30.1 Å². The van der Waals surface area contributed by atoms with Crippen LogP contribution in [0.1, 0.15) is 29.4 Å². The number of methoxy groups -OCH3 is 1. The Kier molecular flexibility index (Phi) is 5.88. The van der Waals surface area contributed by atoms with Crippen molar-refractivity contribution in [3.8, 4) is 22.9 Å². The maximum absolute atomic E-state index is 12.1. The van der Waals surface area contributed by atoms with E-state index in [1.165, 1.54) is 0 Å². The number of aromatic amines is 1. The number of benzene rings is 1. The molecule has 0 bridgehead atoms. The fraction of sp³-hybridized carbons (Fsp3) is 0.435. The smallest absolute Gasteiger partial charge is 0.248 e. The summed E-state index contributed by atoms with van der Waals surface area (Å²) in [7, 11) is 1.76. The lowest BCUT2D eigenvalue weighted by Crippen LogP contribution is -2.27. The molecule has 0 radical (unpaired) electrons. The van der Waals surface area contributed by atoms with Gasteiger partial charge in [0.2, 0.25) is 5.91 Å². The Morgan fingerprint density at radius 3 is 2.85 bits per heavy atom. The zero-order valence-electron chi connectivity index (χ0n) is 19.7. The standard InChI is InChI=1S/C23H29N9O2/c1-4-31-20(9-14(2)29-31)23-26-22(27-28-23)17-10-15(21(24)33)11-19-18(17)12-25-32(19)8-7-30-6-5-16(13-30)34-3/h9-12,16H,4-8,13H2,1-3H3,(H2,24,33)(H,26,27,28)/t16-/m1/s1. The van der Waals surface area contributed by atoms with Crippen LogP contribution in [0, 0.1) is 6.92 Å². The number of aryl methyl sites for hydroxylation is 2. The Balaban J connectivity index is 1.49. The third kappa shape index (κ3) is 4.08. The Morgan fingerprint density at radius 1 is 1.26 bits per heavy atom. The molecule has 1 aromatic carbocycles. The maximum atomic E-state index is 12.1. The van der Waals surface area contributed by atoms with E-state index in [-0.39, 0.29) is 6.10 Å². The molecule has 11 heteroatoms. The molecule has 4 heterocycles. The SMILES string of the molecule is CCn1nc(C)cc1-c1n[nH]c(-c2cc(C(N)=O)cc3c2cnn3CCN2CC[C@@H](OC)C2)n1. The molecule has 1 amide bonds. The van der Waals surface area contributed by atoms with E-state index in [1.54, 1.807) is 25.4 Å². The van der Waals surface area contributed by atoms with Crippen molar-refractivity contribution in [3.63, 3.8) is 0 Å². The van der Waals surface area contributed by atoms with Crippen LogP contribution in [0.3, 0.4) is 0 Å².